The average Bonchev–Trinajstić information content (AvgIpc) is 2.13. The Labute approximate surface area is 96.6 Å². The molecule has 0 spiro atoms. The van der Waals surface area contributed by atoms with Crippen molar-refractivity contribution >= 4 is 12.6 Å². The summed E-state index contributed by atoms with van der Waals surface area (Å²) < 4.78 is 5.81. The fourth-order valence-electron chi connectivity index (χ4n) is 1.66. The van der Waals surface area contributed by atoms with Crippen molar-refractivity contribution in [2.45, 2.75) is 25.3 Å². The molecule has 0 N–H and O–H groups in total. The minimum absolute atomic E-state index is 0.335. The normalized spacial score (nSPS) is 19.7. The molecule has 2 rings (SSSR count). The molecule has 0 saturated carbocycles. The van der Waals surface area contributed by atoms with Gasteiger partial charge in [0, 0.05) is 13.1 Å². The van der Waals surface area contributed by atoms with E-state index in [0.717, 1.165) is 18.8 Å². The van der Waals surface area contributed by atoms with Crippen LogP contribution in [-0.4, -0.2) is 29.5 Å². The van der Waals surface area contributed by atoms with Crippen LogP contribution in [0.25, 0.3) is 0 Å². The molecule has 0 amide bonds. The average molecular weight is 223 g/mol. The van der Waals surface area contributed by atoms with Gasteiger partial charge in [-0.15, -0.1) is 0 Å². The summed E-state index contributed by atoms with van der Waals surface area (Å²) in [4.78, 5) is 2.28. The number of ether oxygens (including phenoxy) is 1. The van der Waals surface area contributed by atoms with Gasteiger partial charge in [0.25, 0.3) is 0 Å². The van der Waals surface area contributed by atoms with Crippen LogP contribution in [0, 0.1) is 6.92 Å². The fourth-order valence-corrected chi connectivity index (χ4v) is 1.85. The van der Waals surface area contributed by atoms with Crippen molar-refractivity contribution in [1.82, 2.24) is 4.90 Å². The van der Waals surface area contributed by atoms with E-state index in [2.05, 4.69) is 43.5 Å². The molecule has 1 heterocycles. The standard InChI is InChI=1S/C12H17NOS/c1-9-3-5-11(6-4-9)14-12-7-13(8-12)10(2)15/h3-6,10,12,15H,7-8H2,1-2H3. The predicted molar refractivity (Wildman–Crippen MR) is 65.6 cm³/mol. The van der Waals surface area contributed by atoms with Gasteiger partial charge in [-0.3, -0.25) is 4.90 Å². The molecule has 1 aliphatic rings. The first-order valence-electron chi connectivity index (χ1n) is 5.30. The summed E-state index contributed by atoms with van der Waals surface area (Å²) in [6, 6.07) is 8.21. The molecule has 0 aliphatic carbocycles. The molecule has 0 radical (unpaired) electrons. The molecule has 1 fully saturated rings. The number of likely N-dealkylation sites (tertiary alicyclic amines) is 1. The van der Waals surface area contributed by atoms with E-state index >= 15 is 0 Å². The second-order valence-electron chi connectivity index (χ2n) is 4.14. The Morgan fingerprint density at radius 1 is 1.33 bits per heavy atom. The van der Waals surface area contributed by atoms with Gasteiger partial charge in [-0.2, -0.15) is 12.6 Å². The minimum atomic E-state index is 0.335. The summed E-state index contributed by atoms with van der Waals surface area (Å²) >= 11 is 4.37. The molecule has 1 atom stereocenters. The third kappa shape index (κ3) is 2.67. The molecular weight excluding hydrogens is 206 g/mol. The van der Waals surface area contributed by atoms with Gasteiger partial charge in [0.15, 0.2) is 0 Å². The van der Waals surface area contributed by atoms with Crippen LogP contribution < -0.4 is 4.74 Å². The zero-order valence-corrected chi connectivity index (χ0v) is 10.1. The quantitative estimate of drug-likeness (QED) is 0.790. The van der Waals surface area contributed by atoms with E-state index in [4.69, 9.17) is 4.74 Å². The Morgan fingerprint density at radius 2 is 1.93 bits per heavy atom. The summed E-state index contributed by atoms with van der Waals surface area (Å²) in [7, 11) is 0. The van der Waals surface area contributed by atoms with Crippen LogP contribution in [-0.2, 0) is 0 Å². The summed E-state index contributed by atoms with van der Waals surface area (Å²) in [5.41, 5.74) is 1.27. The van der Waals surface area contributed by atoms with Crippen LogP contribution in [0.1, 0.15) is 12.5 Å². The van der Waals surface area contributed by atoms with Crippen molar-refractivity contribution in [3.63, 3.8) is 0 Å². The number of rotatable bonds is 3. The lowest BCUT2D eigenvalue weighted by atomic mass is 10.1. The van der Waals surface area contributed by atoms with Crippen LogP contribution in [0.3, 0.4) is 0 Å². The van der Waals surface area contributed by atoms with Gasteiger partial charge in [-0.1, -0.05) is 17.7 Å². The second-order valence-corrected chi connectivity index (χ2v) is 4.89. The molecule has 2 nitrogen and oxygen atoms in total. The molecular formula is C12H17NOS. The van der Waals surface area contributed by atoms with Gasteiger partial charge in [0.1, 0.15) is 11.9 Å². The highest BCUT2D eigenvalue weighted by Crippen LogP contribution is 2.20. The summed E-state index contributed by atoms with van der Waals surface area (Å²) in [6.45, 7) is 6.14. The van der Waals surface area contributed by atoms with Crippen LogP contribution in [0.2, 0.25) is 0 Å². The van der Waals surface area contributed by atoms with Crippen molar-refractivity contribution in [1.29, 1.82) is 0 Å². The van der Waals surface area contributed by atoms with Crippen LogP contribution in [0.4, 0.5) is 0 Å². The summed E-state index contributed by atoms with van der Waals surface area (Å²) in [6.07, 6.45) is 0.335. The van der Waals surface area contributed by atoms with Crippen molar-refractivity contribution in [2.75, 3.05) is 13.1 Å². The zero-order chi connectivity index (χ0) is 10.8. The Morgan fingerprint density at radius 3 is 2.47 bits per heavy atom. The summed E-state index contributed by atoms with van der Waals surface area (Å²) in [5.74, 6) is 0.970. The molecule has 1 unspecified atom stereocenters. The van der Waals surface area contributed by atoms with E-state index in [0.29, 0.717) is 11.5 Å². The van der Waals surface area contributed by atoms with Gasteiger partial charge in [-0.25, -0.2) is 0 Å². The molecule has 1 aliphatic heterocycles. The molecule has 1 aromatic rings. The lowest BCUT2D eigenvalue weighted by molar-refractivity contribution is 0.0164. The molecule has 15 heavy (non-hydrogen) atoms. The lowest BCUT2D eigenvalue weighted by Gasteiger charge is -2.41. The highest BCUT2D eigenvalue weighted by Gasteiger charge is 2.30. The first-order chi connectivity index (χ1) is 7.15. The zero-order valence-electron chi connectivity index (χ0n) is 9.18. The first-order valence-corrected chi connectivity index (χ1v) is 5.82. The maximum absolute atomic E-state index is 5.81. The maximum atomic E-state index is 5.81. The Kier molecular flexibility index (Phi) is 3.22. The molecule has 0 aromatic heterocycles. The third-order valence-electron chi connectivity index (χ3n) is 2.73. The number of hydrogen-bond acceptors (Lipinski definition) is 3. The van der Waals surface area contributed by atoms with Gasteiger partial charge in [0.05, 0.1) is 5.37 Å². The van der Waals surface area contributed by atoms with E-state index in [1.54, 1.807) is 0 Å². The van der Waals surface area contributed by atoms with Crippen molar-refractivity contribution in [2.24, 2.45) is 0 Å². The minimum Gasteiger partial charge on any atom is -0.488 e. The van der Waals surface area contributed by atoms with Crippen molar-refractivity contribution in [3.05, 3.63) is 29.8 Å². The Balaban J connectivity index is 1.82. The number of hydrogen-bond donors (Lipinski definition) is 1. The Bertz CT molecular complexity index is 317. The van der Waals surface area contributed by atoms with E-state index in [9.17, 15) is 0 Å². The van der Waals surface area contributed by atoms with Gasteiger partial charge >= 0.3 is 0 Å². The lowest BCUT2D eigenvalue weighted by Crippen LogP contribution is -2.55. The van der Waals surface area contributed by atoms with E-state index in [1.807, 2.05) is 12.1 Å². The number of nitrogens with zero attached hydrogens (tertiary/aromatic N) is 1. The van der Waals surface area contributed by atoms with Crippen molar-refractivity contribution in [3.8, 4) is 5.75 Å². The first kappa shape index (κ1) is 10.8. The number of benzene rings is 1. The van der Waals surface area contributed by atoms with E-state index in [1.165, 1.54) is 5.56 Å². The second kappa shape index (κ2) is 4.45. The molecule has 1 saturated heterocycles. The van der Waals surface area contributed by atoms with Gasteiger partial charge < -0.3 is 4.74 Å². The van der Waals surface area contributed by atoms with Gasteiger partial charge in [0.2, 0.25) is 0 Å². The topological polar surface area (TPSA) is 12.5 Å². The molecule has 1 aromatic carbocycles. The highest BCUT2D eigenvalue weighted by molar-refractivity contribution is 7.80. The number of aryl methyl sites for hydroxylation is 1. The van der Waals surface area contributed by atoms with Crippen LogP contribution in [0.15, 0.2) is 24.3 Å². The highest BCUT2D eigenvalue weighted by atomic mass is 32.1. The van der Waals surface area contributed by atoms with E-state index in [-0.39, 0.29) is 0 Å². The number of thiol groups is 1. The fraction of sp³-hybridized carbons (Fsp3) is 0.500. The third-order valence-corrected chi connectivity index (χ3v) is 3.06. The largest absolute Gasteiger partial charge is 0.488 e. The van der Waals surface area contributed by atoms with Crippen molar-refractivity contribution < 1.29 is 4.74 Å². The van der Waals surface area contributed by atoms with E-state index < -0.39 is 0 Å². The predicted octanol–water partition coefficient (Wildman–Crippen LogP) is 2.33. The van der Waals surface area contributed by atoms with Crippen LogP contribution in [0.5, 0.6) is 5.75 Å². The maximum Gasteiger partial charge on any atom is 0.124 e. The SMILES string of the molecule is Cc1ccc(OC2CN(C(C)S)C2)cc1. The van der Waals surface area contributed by atoms with Gasteiger partial charge in [-0.05, 0) is 26.0 Å². The molecule has 82 valence electrons. The smallest absolute Gasteiger partial charge is 0.124 e. The summed E-state index contributed by atoms with van der Waals surface area (Å²) in [5, 5.41) is 0.336. The van der Waals surface area contributed by atoms with Crippen LogP contribution >= 0.6 is 12.6 Å². The molecule has 3 heteroatoms. The Hall–Kier alpha value is -0.670. The molecule has 0 bridgehead atoms. The monoisotopic (exact) mass is 223 g/mol.